The first-order valence-electron chi connectivity index (χ1n) is 7.78. The monoisotopic (exact) mass is 275 g/mol. The lowest BCUT2D eigenvalue weighted by atomic mass is 10.0. The highest BCUT2D eigenvalue weighted by Crippen LogP contribution is 2.31. The Bertz CT molecular complexity index is 821. The first-order valence-corrected chi connectivity index (χ1v) is 5.78. The van der Waals surface area contributed by atoms with E-state index in [1.807, 2.05) is 0 Å². The maximum Gasteiger partial charge on any atom is 0.264 e. The Morgan fingerprint density at radius 3 is 2.80 bits per heavy atom. The van der Waals surface area contributed by atoms with Crippen LogP contribution in [0.3, 0.4) is 0 Å². The van der Waals surface area contributed by atoms with E-state index in [4.69, 9.17) is 11.2 Å². The summed E-state index contributed by atoms with van der Waals surface area (Å²) < 4.78 is 31.8. The van der Waals surface area contributed by atoms with Crippen LogP contribution in [0, 0.1) is 0 Å². The lowest BCUT2D eigenvalue weighted by Gasteiger charge is -2.29. The lowest BCUT2D eigenvalue weighted by Crippen LogP contribution is -2.51. The van der Waals surface area contributed by atoms with Crippen molar-refractivity contribution in [3.63, 3.8) is 0 Å². The van der Waals surface area contributed by atoms with Crippen LogP contribution in [0.15, 0.2) is 30.5 Å². The largest absolute Gasteiger partial charge is 0.398 e. The van der Waals surface area contributed by atoms with Crippen molar-refractivity contribution in [1.29, 1.82) is 0 Å². The zero-order chi connectivity index (χ0) is 18.0. The smallest absolute Gasteiger partial charge is 0.264 e. The zero-order valence-electron chi connectivity index (χ0n) is 14.3. The van der Waals surface area contributed by atoms with Crippen LogP contribution in [-0.2, 0) is 4.79 Å². The molecular formula is C14H13N3O3. The highest BCUT2D eigenvalue weighted by molar-refractivity contribution is 6.25. The Morgan fingerprint density at radius 2 is 2.10 bits per heavy atom. The number of anilines is 1. The number of nitrogens with one attached hydrogen (secondary N) is 1. The molecule has 0 aliphatic carbocycles. The molecule has 3 amide bonds. The topological polar surface area (TPSA) is 92.5 Å². The van der Waals surface area contributed by atoms with Crippen molar-refractivity contribution in [1.82, 2.24) is 10.2 Å². The summed E-state index contributed by atoms with van der Waals surface area (Å²) in [6, 6.07) is 2.23. The quantitative estimate of drug-likeness (QED) is 0.581. The molecule has 2 heterocycles. The van der Waals surface area contributed by atoms with Gasteiger partial charge in [-0.05, 0) is 24.9 Å². The molecule has 0 spiro atoms. The van der Waals surface area contributed by atoms with Crippen LogP contribution in [0.5, 0.6) is 0 Å². The highest BCUT2D eigenvalue weighted by atomic mass is 16.2. The van der Waals surface area contributed by atoms with Gasteiger partial charge in [0.15, 0.2) is 0 Å². The van der Waals surface area contributed by atoms with Crippen LogP contribution >= 0.6 is 0 Å². The molecule has 0 bridgehead atoms. The number of hydrogen-bond donors (Lipinski definition) is 2. The summed E-state index contributed by atoms with van der Waals surface area (Å²) in [5, 5.41) is 2.11. The number of carbonyl (C=O) groups is 3. The molecule has 102 valence electrons. The minimum Gasteiger partial charge on any atom is -0.398 e. The van der Waals surface area contributed by atoms with Crippen molar-refractivity contribution in [3.05, 3.63) is 41.6 Å². The normalized spacial score (nSPS) is 30.0. The Balaban J connectivity index is 2.14. The summed E-state index contributed by atoms with van der Waals surface area (Å²) in [6.45, 7) is 3.31. The van der Waals surface area contributed by atoms with E-state index in [1.165, 1.54) is 18.2 Å². The number of fused-ring (bicyclic) bond motifs is 1. The fraction of sp³-hybridized carbons (Fsp3) is 0.214. The molecule has 0 aromatic heterocycles. The van der Waals surface area contributed by atoms with Crippen molar-refractivity contribution in [3.8, 4) is 0 Å². The predicted molar refractivity (Wildman–Crippen MR) is 71.7 cm³/mol. The number of nitrogens with two attached hydrogens (primary N) is 1. The number of nitrogens with zero attached hydrogens (tertiary/aromatic N) is 1. The van der Waals surface area contributed by atoms with Gasteiger partial charge in [-0.25, -0.2) is 0 Å². The van der Waals surface area contributed by atoms with E-state index in [2.05, 4.69) is 11.9 Å². The number of imide groups is 1. The molecule has 1 aromatic carbocycles. The summed E-state index contributed by atoms with van der Waals surface area (Å²) in [6.07, 6.45) is -5.54. The average Bonchev–Trinajstić information content (AvgIpc) is 2.72. The van der Waals surface area contributed by atoms with Crippen LogP contribution < -0.4 is 11.1 Å². The van der Waals surface area contributed by atoms with Gasteiger partial charge in [0.25, 0.3) is 11.8 Å². The number of allylic oxidation sites excluding steroid dienone is 1. The van der Waals surface area contributed by atoms with Crippen molar-refractivity contribution in [2.24, 2.45) is 0 Å². The van der Waals surface area contributed by atoms with E-state index in [-0.39, 0.29) is 16.8 Å². The minimum atomic E-state index is -2.87. The summed E-state index contributed by atoms with van der Waals surface area (Å²) >= 11 is 0. The molecule has 1 fully saturated rings. The third-order valence-electron chi connectivity index (χ3n) is 3.12. The molecule has 20 heavy (non-hydrogen) atoms. The van der Waals surface area contributed by atoms with Crippen LogP contribution in [0.25, 0.3) is 0 Å². The van der Waals surface area contributed by atoms with Gasteiger partial charge in [0.2, 0.25) is 5.91 Å². The Hall–Kier alpha value is -2.63. The van der Waals surface area contributed by atoms with Gasteiger partial charge >= 0.3 is 0 Å². The Kier molecular flexibility index (Phi) is 1.79. The SMILES string of the molecule is [2H]C1([2H])C(=C)NC(=O)C(N2C(=O)c3cccc(N)c3C2=O)C1([2H])[2H]. The third-order valence-corrected chi connectivity index (χ3v) is 3.12. The molecule has 1 unspecified atom stereocenters. The summed E-state index contributed by atoms with van der Waals surface area (Å²) in [5.74, 6) is -2.84. The molecule has 2 aliphatic rings. The fourth-order valence-electron chi connectivity index (χ4n) is 2.22. The lowest BCUT2D eigenvalue weighted by molar-refractivity contribution is -0.125. The van der Waals surface area contributed by atoms with E-state index in [0.29, 0.717) is 4.90 Å². The number of benzene rings is 1. The Labute approximate surface area is 120 Å². The first kappa shape index (κ1) is 8.52. The van der Waals surface area contributed by atoms with Crippen molar-refractivity contribution in [2.75, 3.05) is 5.73 Å². The van der Waals surface area contributed by atoms with Crippen molar-refractivity contribution < 1.29 is 19.9 Å². The number of piperidine rings is 1. The molecule has 0 saturated carbocycles. The molecule has 2 aliphatic heterocycles. The van der Waals surface area contributed by atoms with E-state index in [0.717, 1.165) is 0 Å². The van der Waals surface area contributed by atoms with Crippen LogP contribution in [-0.4, -0.2) is 28.7 Å². The van der Waals surface area contributed by atoms with Gasteiger partial charge in [-0.2, -0.15) is 0 Å². The van der Waals surface area contributed by atoms with Gasteiger partial charge in [-0.1, -0.05) is 12.6 Å². The number of carbonyl (C=O) groups excluding carboxylic acids is 3. The van der Waals surface area contributed by atoms with E-state index < -0.39 is 42.2 Å². The van der Waals surface area contributed by atoms with Crippen molar-refractivity contribution in [2.45, 2.75) is 18.8 Å². The maximum absolute atomic E-state index is 12.6. The Morgan fingerprint density at radius 1 is 1.35 bits per heavy atom. The number of hydrogen-bond acceptors (Lipinski definition) is 4. The van der Waals surface area contributed by atoms with Crippen LogP contribution in [0.2, 0.25) is 0 Å². The predicted octanol–water partition coefficient (Wildman–Crippen LogP) is 0.657. The second-order valence-corrected chi connectivity index (χ2v) is 4.39. The average molecular weight is 275 g/mol. The van der Waals surface area contributed by atoms with E-state index in [1.54, 1.807) is 0 Å². The van der Waals surface area contributed by atoms with Gasteiger partial charge in [0.05, 0.1) is 11.1 Å². The highest BCUT2D eigenvalue weighted by Gasteiger charge is 2.44. The minimum absolute atomic E-state index is 0.0255. The number of nitrogen functional groups attached to an aromatic ring is 1. The summed E-state index contributed by atoms with van der Waals surface area (Å²) in [5.41, 5.74) is 5.11. The van der Waals surface area contributed by atoms with Gasteiger partial charge in [0.1, 0.15) is 6.04 Å². The van der Waals surface area contributed by atoms with E-state index in [9.17, 15) is 14.4 Å². The van der Waals surface area contributed by atoms with Crippen molar-refractivity contribution >= 4 is 23.4 Å². The molecule has 6 nitrogen and oxygen atoms in total. The molecule has 1 aromatic rings. The molecule has 0 radical (unpaired) electrons. The molecular weight excluding hydrogens is 258 g/mol. The molecule has 3 N–H and O–H groups in total. The second kappa shape index (κ2) is 4.19. The van der Waals surface area contributed by atoms with E-state index >= 15 is 0 Å². The van der Waals surface area contributed by atoms with Gasteiger partial charge in [0, 0.05) is 16.9 Å². The maximum atomic E-state index is 12.6. The molecule has 6 heteroatoms. The van der Waals surface area contributed by atoms with Gasteiger partial charge < -0.3 is 11.1 Å². The van der Waals surface area contributed by atoms with Crippen LogP contribution in [0.4, 0.5) is 5.69 Å². The summed E-state index contributed by atoms with van der Waals surface area (Å²) in [7, 11) is 0. The molecule has 3 rings (SSSR count). The molecule has 1 atom stereocenters. The zero-order valence-corrected chi connectivity index (χ0v) is 10.3. The van der Waals surface area contributed by atoms with Gasteiger partial charge in [-0.3, -0.25) is 19.3 Å². The number of rotatable bonds is 1. The summed E-state index contributed by atoms with van der Waals surface area (Å²) in [4.78, 5) is 37.8. The van der Waals surface area contributed by atoms with Crippen LogP contribution in [0.1, 0.15) is 38.9 Å². The third kappa shape index (κ3) is 1.61. The fourth-order valence-corrected chi connectivity index (χ4v) is 2.22. The standard InChI is InChI=1S/C14H13N3O3/c1-7-5-6-10(12(18)16-7)17-13(19)8-3-2-4-9(15)11(8)14(17)20/h2-4,10H,1,5-6,15H2,(H,16,18)/i5D2,6D2. The number of amides is 3. The second-order valence-electron chi connectivity index (χ2n) is 4.39. The molecule has 1 saturated heterocycles. The van der Waals surface area contributed by atoms with Gasteiger partial charge in [-0.15, -0.1) is 0 Å². The first-order chi connectivity index (χ1) is 11.0.